The average Bonchev–Trinajstić information content (AvgIpc) is 3.41. The number of fused-ring (bicyclic) bond motifs is 4. The van der Waals surface area contributed by atoms with Gasteiger partial charge in [0.25, 0.3) is 0 Å². The number of nitrogens with zero attached hydrogens (tertiary/aromatic N) is 6. The first-order chi connectivity index (χ1) is 34.0. The zero-order chi connectivity index (χ0) is 46.4. The lowest BCUT2D eigenvalue weighted by atomic mass is 10.1. The van der Waals surface area contributed by atoms with Gasteiger partial charge in [0.2, 0.25) is 5.88 Å². The van der Waals surface area contributed by atoms with Crippen molar-refractivity contribution >= 4 is 30.7 Å². The molecule has 6 heterocycles. The standard InChI is InChI=1S/C42H36N3O7P.C12H11N3O/c46-53(50-37-16-19-40-31(22-37)25-43(28-47-40)34-10-4-1-5-11-34,51-38-17-20-41-32(23-38)26-44(29-48-41)35-12-6-2-7-13-35)52-39-18-21-42-33(24-39)27-45(30-49-42)36-14-8-3-9-15-36;1-2-6-13-11(5-1)15-8-10-4-3-7-14-12(10)16-9-15/h1-24H,25-30H2;1-7H,8-9H2. The maximum atomic E-state index is 14.9. The fourth-order valence-corrected chi connectivity index (χ4v) is 9.66. The quantitative estimate of drug-likeness (QED) is 0.121. The third kappa shape index (κ3) is 10.0. The van der Waals surface area contributed by atoms with Crippen molar-refractivity contribution < 1.29 is 37.1 Å². The van der Waals surface area contributed by atoms with Crippen molar-refractivity contribution in [3.8, 4) is 40.4 Å². The summed E-state index contributed by atoms with van der Waals surface area (Å²) in [6.07, 6.45) is 3.53. The Morgan fingerprint density at radius 3 is 1.23 bits per heavy atom. The molecule has 0 spiro atoms. The van der Waals surface area contributed by atoms with Crippen LogP contribution in [0, 0.1) is 0 Å². The minimum absolute atomic E-state index is 0.318. The monoisotopic (exact) mass is 938 g/mol. The van der Waals surface area contributed by atoms with Gasteiger partial charge in [-0.3, -0.25) is 0 Å². The van der Waals surface area contributed by atoms with Gasteiger partial charge in [-0.1, -0.05) is 66.7 Å². The first-order valence-electron chi connectivity index (χ1n) is 22.6. The number of anilines is 4. The van der Waals surface area contributed by atoms with Crippen molar-refractivity contribution in [1.82, 2.24) is 9.97 Å². The summed E-state index contributed by atoms with van der Waals surface area (Å²) in [7, 11) is -4.38. The Bertz CT molecular complexity index is 2830. The van der Waals surface area contributed by atoms with Gasteiger partial charge in [-0.25, -0.2) is 9.97 Å². The van der Waals surface area contributed by atoms with E-state index in [2.05, 4.69) is 29.6 Å². The van der Waals surface area contributed by atoms with Crippen LogP contribution >= 0.6 is 7.82 Å². The molecule has 4 aliphatic heterocycles. The first-order valence-corrected chi connectivity index (χ1v) is 24.0. The summed E-state index contributed by atoms with van der Waals surface area (Å²) >= 11 is 0. The van der Waals surface area contributed by atoms with E-state index in [0.717, 1.165) is 74.8 Å². The zero-order valence-electron chi connectivity index (χ0n) is 37.5. The molecule has 2 aromatic heterocycles. The molecule has 15 heteroatoms. The maximum absolute atomic E-state index is 14.9. The molecule has 0 amide bonds. The van der Waals surface area contributed by atoms with E-state index < -0.39 is 7.82 Å². The van der Waals surface area contributed by atoms with E-state index in [1.165, 1.54) is 0 Å². The van der Waals surface area contributed by atoms with Gasteiger partial charge in [-0.05, 0) is 109 Å². The minimum Gasteiger partial charge on any atom is -0.473 e. The molecule has 69 heavy (non-hydrogen) atoms. The van der Waals surface area contributed by atoms with Crippen LogP contribution in [0.15, 0.2) is 188 Å². The molecule has 346 valence electrons. The zero-order valence-corrected chi connectivity index (χ0v) is 38.3. The van der Waals surface area contributed by atoms with Crippen LogP contribution in [0.2, 0.25) is 0 Å². The van der Waals surface area contributed by atoms with E-state index in [1.807, 2.05) is 158 Å². The first kappa shape index (κ1) is 43.2. The lowest BCUT2D eigenvalue weighted by Crippen LogP contribution is -2.32. The number of phosphoric ester groups is 1. The number of ether oxygens (including phenoxy) is 4. The molecule has 0 fully saturated rings. The summed E-state index contributed by atoms with van der Waals surface area (Å²) in [5.74, 6) is 4.81. The van der Waals surface area contributed by atoms with E-state index >= 15 is 0 Å². The Morgan fingerprint density at radius 1 is 0.391 bits per heavy atom. The predicted molar refractivity (Wildman–Crippen MR) is 263 cm³/mol. The molecule has 0 saturated carbocycles. The number of hydrogen-bond acceptors (Lipinski definition) is 14. The van der Waals surface area contributed by atoms with Crippen molar-refractivity contribution in [3.63, 3.8) is 0 Å². The number of phosphoric acid groups is 1. The van der Waals surface area contributed by atoms with Gasteiger partial charge in [-0.2, -0.15) is 4.57 Å². The molecule has 0 atom stereocenters. The summed E-state index contributed by atoms with van der Waals surface area (Å²) in [6.45, 7) is 4.26. The molecule has 0 saturated heterocycles. The summed E-state index contributed by atoms with van der Waals surface area (Å²) in [5.41, 5.74) is 6.83. The normalized spacial score (nSPS) is 14.6. The smallest absolute Gasteiger partial charge is 0.473 e. The van der Waals surface area contributed by atoms with E-state index in [0.29, 0.717) is 63.8 Å². The fourth-order valence-electron chi connectivity index (χ4n) is 8.44. The molecule has 12 rings (SSSR count). The molecule has 6 aromatic carbocycles. The topological polar surface area (TPSA) is 120 Å². The molecule has 0 N–H and O–H groups in total. The van der Waals surface area contributed by atoms with Crippen LogP contribution < -0.4 is 52.1 Å². The Balaban J connectivity index is 0.000000273. The Kier molecular flexibility index (Phi) is 12.2. The van der Waals surface area contributed by atoms with Crippen LogP contribution in [0.25, 0.3) is 0 Å². The largest absolute Gasteiger partial charge is 0.647 e. The summed E-state index contributed by atoms with van der Waals surface area (Å²) in [4.78, 5) is 16.9. The molecule has 14 nitrogen and oxygen atoms in total. The Hall–Kier alpha value is -8.35. The van der Waals surface area contributed by atoms with Crippen LogP contribution in [0.4, 0.5) is 22.9 Å². The van der Waals surface area contributed by atoms with E-state index in [-0.39, 0.29) is 0 Å². The SMILES string of the molecule is O=P(Oc1ccc2c(c1)CN(c1ccccc1)CO2)(Oc1ccc2c(c1)CN(c1ccccc1)CO2)Oc1ccc2c(c1)CN(c1ccccc1)CO2.c1ccc(N2COc3ncccc3C2)nc1. The number of aromatic nitrogens is 2. The van der Waals surface area contributed by atoms with Gasteiger partial charge in [0.1, 0.15) is 40.3 Å². The predicted octanol–water partition coefficient (Wildman–Crippen LogP) is 11.2. The lowest BCUT2D eigenvalue weighted by Gasteiger charge is -2.31. The fraction of sp³-hybridized carbons (Fsp3) is 0.148. The van der Waals surface area contributed by atoms with Gasteiger partial charge in [0, 0.05) is 71.3 Å². The summed E-state index contributed by atoms with van der Waals surface area (Å²) < 4.78 is 57.4. The molecule has 0 aliphatic carbocycles. The molecule has 0 bridgehead atoms. The highest BCUT2D eigenvalue weighted by Crippen LogP contribution is 2.52. The number of rotatable bonds is 10. The van der Waals surface area contributed by atoms with Crippen LogP contribution in [0.5, 0.6) is 40.4 Å². The molecule has 8 aromatic rings. The maximum Gasteiger partial charge on any atom is 0.647 e. The van der Waals surface area contributed by atoms with Crippen LogP contribution in [-0.4, -0.2) is 36.9 Å². The van der Waals surface area contributed by atoms with Crippen molar-refractivity contribution in [2.24, 2.45) is 0 Å². The second-order valence-electron chi connectivity index (χ2n) is 16.6. The Morgan fingerprint density at radius 2 is 0.797 bits per heavy atom. The molecule has 4 aliphatic rings. The van der Waals surface area contributed by atoms with Crippen molar-refractivity contribution in [2.45, 2.75) is 26.2 Å². The minimum atomic E-state index is -4.38. The molecular formula is C54H47N6O8P. The van der Waals surface area contributed by atoms with Gasteiger partial charge in [0.05, 0.1) is 6.54 Å². The third-order valence-corrected chi connectivity index (χ3v) is 13.2. The van der Waals surface area contributed by atoms with Crippen LogP contribution in [-0.2, 0) is 30.7 Å². The second kappa shape index (κ2) is 19.5. The third-order valence-electron chi connectivity index (χ3n) is 11.9. The summed E-state index contributed by atoms with van der Waals surface area (Å²) in [5, 5.41) is 0. The van der Waals surface area contributed by atoms with Crippen molar-refractivity contribution in [1.29, 1.82) is 0 Å². The van der Waals surface area contributed by atoms with Gasteiger partial charge >= 0.3 is 7.82 Å². The Labute approximate surface area is 400 Å². The highest BCUT2D eigenvalue weighted by Gasteiger charge is 2.35. The van der Waals surface area contributed by atoms with Gasteiger partial charge in [-0.15, -0.1) is 0 Å². The molecule has 0 unspecified atom stereocenters. The number of pyridine rings is 2. The highest BCUT2D eigenvalue weighted by molar-refractivity contribution is 7.49. The second-order valence-corrected chi connectivity index (χ2v) is 18.0. The van der Waals surface area contributed by atoms with Crippen LogP contribution in [0.1, 0.15) is 22.3 Å². The number of hydrogen-bond donors (Lipinski definition) is 0. The van der Waals surface area contributed by atoms with Crippen molar-refractivity contribution in [3.05, 3.63) is 211 Å². The van der Waals surface area contributed by atoms with E-state index in [1.54, 1.807) is 30.6 Å². The summed E-state index contributed by atoms with van der Waals surface area (Å²) in [6, 6.07) is 56.0. The average molecular weight is 939 g/mol. The van der Waals surface area contributed by atoms with Gasteiger partial charge < -0.3 is 52.1 Å². The lowest BCUT2D eigenvalue weighted by molar-refractivity contribution is 0.276. The van der Waals surface area contributed by atoms with Crippen LogP contribution in [0.3, 0.4) is 0 Å². The molecular weight excluding hydrogens is 892 g/mol. The highest BCUT2D eigenvalue weighted by atomic mass is 31.2. The van der Waals surface area contributed by atoms with E-state index in [4.69, 9.17) is 32.5 Å². The van der Waals surface area contributed by atoms with E-state index in [9.17, 15) is 4.57 Å². The van der Waals surface area contributed by atoms with Crippen molar-refractivity contribution in [2.75, 3.05) is 46.5 Å². The number of para-hydroxylation sites is 3. The number of benzene rings is 6. The van der Waals surface area contributed by atoms with Gasteiger partial charge in [0.15, 0.2) is 26.9 Å². The molecule has 0 radical (unpaired) electrons.